The number of para-hydroxylation sites is 1. The first-order valence-electron chi connectivity index (χ1n) is 5.44. The van der Waals surface area contributed by atoms with Crippen molar-refractivity contribution in [3.05, 3.63) is 36.1 Å². The van der Waals surface area contributed by atoms with Crippen LogP contribution in [0.5, 0.6) is 0 Å². The number of carbonyl (C=O) groups is 1. The maximum absolute atomic E-state index is 12.0. The van der Waals surface area contributed by atoms with Crippen molar-refractivity contribution in [3.8, 4) is 0 Å². The molecule has 1 aromatic carbocycles. The van der Waals surface area contributed by atoms with Gasteiger partial charge in [-0.15, -0.1) is 11.8 Å². The fraction of sp³-hybridized carbons (Fsp3) is 0.308. The standard InChI is InChI=1S/C13H14O3S/c1-9(6-14)17-8-12(15)11-7-16-13-5-3-2-4-10(11)13/h2-5,7,9,14H,6,8H2,1H3. The number of benzene rings is 1. The third-order valence-electron chi connectivity index (χ3n) is 2.54. The first-order valence-corrected chi connectivity index (χ1v) is 6.49. The Kier molecular flexibility index (Phi) is 3.86. The molecule has 0 spiro atoms. The summed E-state index contributed by atoms with van der Waals surface area (Å²) in [6.45, 7) is 1.98. The average molecular weight is 250 g/mol. The van der Waals surface area contributed by atoms with Crippen LogP contribution in [0.2, 0.25) is 0 Å². The summed E-state index contributed by atoms with van der Waals surface area (Å²) < 4.78 is 5.32. The van der Waals surface area contributed by atoms with Crippen molar-refractivity contribution in [1.82, 2.24) is 0 Å². The highest BCUT2D eigenvalue weighted by molar-refractivity contribution is 8.00. The second kappa shape index (κ2) is 5.38. The van der Waals surface area contributed by atoms with Crippen LogP contribution in [0, 0.1) is 0 Å². The van der Waals surface area contributed by atoms with E-state index < -0.39 is 0 Å². The normalized spacial score (nSPS) is 12.8. The van der Waals surface area contributed by atoms with Gasteiger partial charge in [0.2, 0.25) is 0 Å². The van der Waals surface area contributed by atoms with Crippen LogP contribution in [0.1, 0.15) is 17.3 Å². The third kappa shape index (κ3) is 2.70. The predicted molar refractivity (Wildman–Crippen MR) is 69.6 cm³/mol. The predicted octanol–water partition coefficient (Wildman–Crippen LogP) is 2.73. The number of fused-ring (bicyclic) bond motifs is 1. The van der Waals surface area contributed by atoms with E-state index in [4.69, 9.17) is 9.52 Å². The van der Waals surface area contributed by atoms with Gasteiger partial charge < -0.3 is 9.52 Å². The van der Waals surface area contributed by atoms with E-state index in [1.165, 1.54) is 18.0 Å². The largest absolute Gasteiger partial charge is 0.464 e. The van der Waals surface area contributed by atoms with E-state index in [-0.39, 0.29) is 17.6 Å². The Morgan fingerprint density at radius 3 is 3.00 bits per heavy atom. The van der Waals surface area contributed by atoms with Gasteiger partial charge in [0.15, 0.2) is 5.78 Å². The number of rotatable bonds is 5. The zero-order valence-electron chi connectivity index (χ0n) is 9.55. The van der Waals surface area contributed by atoms with Gasteiger partial charge in [0.05, 0.1) is 17.9 Å². The fourth-order valence-corrected chi connectivity index (χ4v) is 2.24. The van der Waals surface area contributed by atoms with Gasteiger partial charge in [-0.3, -0.25) is 4.79 Å². The van der Waals surface area contributed by atoms with E-state index >= 15 is 0 Å². The highest BCUT2D eigenvalue weighted by Crippen LogP contribution is 2.22. The van der Waals surface area contributed by atoms with Crippen molar-refractivity contribution in [2.75, 3.05) is 12.4 Å². The Hall–Kier alpha value is -1.26. The molecule has 2 rings (SSSR count). The minimum Gasteiger partial charge on any atom is -0.464 e. The van der Waals surface area contributed by atoms with Gasteiger partial charge in [-0.2, -0.15) is 0 Å². The van der Waals surface area contributed by atoms with E-state index in [0.29, 0.717) is 11.3 Å². The van der Waals surface area contributed by atoms with Gasteiger partial charge in [0.1, 0.15) is 11.8 Å². The van der Waals surface area contributed by atoms with Crippen molar-refractivity contribution >= 4 is 28.5 Å². The second-order valence-corrected chi connectivity index (χ2v) is 5.30. The number of hydrogen-bond donors (Lipinski definition) is 1. The van der Waals surface area contributed by atoms with E-state index in [2.05, 4.69) is 0 Å². The molecule has 1 aromatic heterocycles. The number of carbonyl (C=O) groups excluding carboxylic acids is 1. The zero-order chi connectivity index (χ0) is 12.3. The van der Waals surface area contributed by atoms with Gasteiger partial charge in [0.25, 0.3) is 0 Å². The summed E-state index contributed by atoms with van der Waals surface area (Å²) in [6.07, 6.45) is 1.51. The smallest absolute Gasteiger partial charge is 0.176 e. The molecule has 0 saturated heterocycles. The number of ketones is 1. The molecule has 1 N–H and O–H groups in total. The Balaban J connectivity index is 2.14. The Bertz CT molecular complexity index is 518. The number of Topliss-reactive ketones (excluding diaryl/α,β-unsaturated/α-hetero) is 1. The molecule has 17 heavy (non-hydrogen) atoms. The Labute approximate surface area is 104 Å². The summed E-state index contributed by atoms with van der Waals surface area (Å²) in [5, 5.41) is 9.84. The quantitative estimate of drug-likeness (QED) is 0.829. The van der Waals surface area contributed by atoms with Gasteiger partial charge in [-0.05, 0) is 6.07 Å². The molecule has 0 radical (unpaired) electrons. The molecule has 4 heteroatoms. The fourth-order valence-electron chi connectivity index (χ4n) is 1.54. The summed E-state index contributed by atoms with van der Waals surface area (Å²) in [4.78, 5) is 12.0. The molecule has 90 valence electrons. The minimum absolute atomic E-state index is 0.0419. The first-order chi connectivity index (χ1) is 8.22. The average Bonchev–Trinajstić information content (AvgIpc) is 2.79. The topological polar surface area (TPSA) is 50.4 Å². The number of thioether (sulfide) groups is 1. The van der Waals surface area contributed by atoms with Crippen molar-refractivity contribution < 1.29 is 14.3 Å². The lowest BCUT2D eigenvalue weighted by atomic mass is 10.1. The minimum atomic E-state index is 0.0419. The van der Waals surface area contributed by atoms with Crippen LogP contribution in [0.4, 0.5) is 0 Å². The third-order valence-corrected chi connectivity index (χ3v) is 3.68. The lowest BCUT2D eigenvalue weighted by Crippen LogP contribution is -2.08. The first kappa shape index (κ1) is 12.2. The molecule has 1 heterocycles. The second-order valence-electron chi connectivity index (χ2n) is 3.87. The summed E-state index contributed by atoms with van der Waals surface area (Å²) in [6, 6.07) is 7.49. The van der Waals surface area contributed by atoms with Crippen LogP contribution < -0.4 is 0 Å². The van der Waals surface area contributed by atoms with Crippen LogP contribution in [-0.4, -0.2) is 28.5 Å². The maximum atomic E-state index is 12.0. The molecular formula is C13H14O3S. The SMILES string of the molecule is CC(CO)SCC(=O)c1coc2ccccc12. The molecule has 3 nitrogen and oxygen atoms in total. The molecule has 2 aromatic rings. The summed E-state index contributed by atoms with van der Waals surface area (Å²) >= 11 is 1.45. The van der Waals surface area contributed by atoms with Crippen LogP contribution in [0.3, 0.4) is 0 Å². The monoisotopic (exact) mass is 250 g/mol. The number of aliphatic hydroxyl groups is 1. The molecule has 1 unspecified atom stereocenters. The van der Waals surface area contributed by atoms with Crippen LogP contribution in [-0.2, 0) is 0 Å². The molecule has 0 fully saturated rings. The summed E-state index contributed by atoms with van der Waals surface area (Å²) in [5.74, 6) is 0.408. The number of furan rings is 1. The zero-order valence-corrected chi connectivity index (χ0v) is 10.4. The summed E-state index contributed by atoms with van der Waals surface area (Å²) in [5.41, 5.74) is 1.36. The lowest BCUT2D eigenvalue weighted by molar-refractivity contribution is 0.102. The highest BCUT2D eigenvalue weighted by atomic mass is 32.2. The molecular weight excluding hydrogens is 236 g/mol. The molecule has 0 aliphatic heterocycles. The van der Waals surface area contributed by atoms with Gasteiger partial charge in [-0.1, -0.05) is 25.1 Å². The number of aliphatic hydroxyl groups excluding tert-OH is 1. The molecule has 1 atom stereocenters. The highest BCUT2D eigenvalue weighted by Gasteiger charge is 2.14. The van der Waals surface area contributed by atoms with E-state index in [1.807, 2.05) is 31.2 Å². The molecule has 0 bridgehead atoms. The van der Waals surface area contributed by atoms with Crippen LogP contribution >= 0.6 is 11.8 Å². The molecule has 0 aliphatic carbocycles. The van der Waals surface area contributed by atoms with Gasteiger partial charge >= 0.3 is 0 Å². The van der Waals surface area contributed by atoms with Crippen molar-refractivity contribution in [1.29, 1.82) is 0 Å². The van der Waals surface area contributed by atoms with Crippen molar-refractivity contribution in [2.45, 2.75) is 12.2 Å². The maximum Gasteiger partial charge on any atom is 0.176 e. The number of hydrogen-bond acceptors (Lipinski definition) is 4. The van der Waals surface area contributed by atoms with Crippen LogP contribution in [0.15, 0.2) is 34.9 Å². The van der Waals surface area contributed by atoms with E-state index in [0.717, 1.165) is 11.0 Å². The molecule has 0 saturated carbocycles. The Morgan fingerprint density at radius 1 is 1.47 bits per heavy atom. The van der Waals surface area contributed by atoms with Gasteiger partial charge in [0, 0.05) is 10.6 Å². The van der Waals surface area contributed by atoms with Crippen molar-refractivity contribution in [2.24, 2.45) is 0 Å². The van der Waals surface area contributed by atoms with Crippen LogP contribution in [0.25, 0.3) is 11.0 Å². The van der Waals surface area contributed by atoms with E-state index in [1.54, 1.807) is 0 Å². The summed E-state index contributed by atoms with van der Waals surface area (Å²) in [7, 11) is 0. The van der Waals surface area contributed by atoms with Gasteiger partial charge in [-0.25, -0.2) is 0 Å². The lowest BCUT2D eigenvalue weighted by Gasteiger charge is -2.05. The van der Waals surface area contributed by atoms with E-state index in [9.17, 15) is 4.79 Å². The Morgan fingerprint density at radius 2 is 2.24 bits per heavy atom. The van der Waals surface area contributed by atoms with Crippen molar-refractivity contribution in [3.63, 3.8) is 0 Å². The molecule has 0 aliphatic rings. The molecule has 0 amide bonds.